The van der Waals surface area contributed by atoms with Crippen LogP contribution in [0, 0.1) is 23.7 Å². The van der Waals surface area contributed by atoms with Crippen LogP contribution in [0.5, 0.6) is 0 Å². The fourth-order valence-corrected chi connectivity index (χ4v) is 8.33. The molecule has 9 atom stereocenters. The van der Waals surface area contributed by atoms with Crippen LogP contribution in [0.4, 0.5) is 0 Å². The molecular formula is C34H58O8. The molecule has 0 amide bonds. The van der Waals surface area contributed by atoms with Gasteiger partial charge >= 0.3 is 17.9 Å². The van der Waals surface area contributed by atoms with Crippen LogP contribution in [0.15, 0.2) is 0 Å². The van der Waals surface area contributed by atoms with E-state index in [2.05, 4.69) is 20.8 Å². The first kappa shape index (κ1) is 34.8. The minimum absolute atomic E-state index is 0.0373. The second-order valence-corrected chi connectivity index (χ2v) is 14.4. The van der Waals surface area contributed by atoms with Gasteiger partial charge in [0, 0.05) is 38.5 Å². The summed E-state index contributed by atoms with van der Waals surface area (Å²) in [4.78, 5) is 37.8. The molecule has 0 unspecified atom stereocenters. The van der Waals surface area contributed by atoms with Crippen molar-refractivity contribution in [2.45, 2.75) is 174 Å². The van der Waals surface area contributed by atoms with Crippen molar-refractivity contribution >= 4 is 17.9 Å². The van der Waals surface area contributed by atoms with Gasteiger partial charge in [0.15, 0.2) is 0 Å². The average Bonchev–Trinajstić information content (AvgIpc) is 3.26. The largest absolute Gasteiger partial charge is 0.459 e. The molecule has 242 valence electrons. The van der Waals surface area contributed by atoms with E-state index in [-0.39, 0.29) is 36.1 Å². The number of rotatable bonds is 12. The highest BCUT2D eigenvalue weighted by Gasteiger charge is 2.65. The molecule has 0 aromatic carbocycles. The van der Waals surface area contributed by atoms with Crippen LogP contribution >= 0.6 is 0 Å². The Bertz CT molecular complexity index is 931. The van der Waals surface area contributed by atoms with E-state index < -0.39 is 41.1 Å². The lowest BCUT2D eigenvalue weighted by atomic mass is 9.57. The normalized spacial score (nSPS) is 38.1. The smallest absolute Gasteiger partial charge is 0.306 e. The lowest BCUT2D eigenvalue weighted by Crippen LogP contribution is -2.58. The number of esters is 3. The molecule has 0 aromatic rings. The van der Waals surface area contributed by atoms with E-state index in [4.69, 9.17) is 18.9 Å². The maximum Gasteiger partial charge on any atom is 0.306 e. The SMILES string of the molecule is CCCCCCCCCC(=O)O[C@@H]1CC[C@](C)(OC(C)=O)[C@H]2O[C@@H](C[C@@]1(C)O)[C@H]1[C@@H]2[C@H](C(C)C)CC[C@]1(C)OC(C)=O. The Balaban J connectivity index is 1.88. The highest BCUT2D eigenvalue weighted by Crippen LogP contribution is 2.58. The third kappa shape index (κ3) is 8.28. The number of carbonyl (C=O) groups is 3. The van der Waals surface area contributed by atoms with Crippen LogP contribution in [0.2, 0.25) is 0 Å². The summed E-state index contributed by atoms with van der Waals surface area (Å²) in [7, 11) is 0. The van der Waals surface area contributed by atoms with Crippen molar-refractivity contribution in [2.75, 3.05) is 0 Å². The van der Waals surface area contributed by atoms with Crippen molar-refractivity contribution in [3.63, 3.8) is 0 Å². The number of fused-ring (bicyclic) bond motifs is 5. The van der Waals surface area contributed by atoms with Gasteiger partial charge in [0.2, 0.25) is 0 Å². The van der Waals surface area contributed by atoms with E-state index in [1.807, 2.05) is 13.8 Å². The zero-order valence-corrected chi connectivity index (χ0v) is 27.5. The molecule has 1 N–H and O–H groups in total. The van der Waals surface area contributed by atoms with Crippen LogP contribution in [-0.2, 0) is 33.3 Å². The zero-order valence-electron chi connectivity index (χ0n) is 27.5. The lowest BCUT2D eigenvalue weighted by molar-refractivity contribution is -0.185. The van der Waals surface area contributed by atoms with Gasteiger partial charge in [-0.3, -0.25) is 14.4 Å². The van der Waals surface area contributed by atoms with Gasteiger partial charge in [0.25, 0.3) is 0 Å². The number of ether oxygens (including phenoxy) is 4. The monoisotopic (exact) mass is 594 g/mol. The van der Waals surface area contributed by atoms with E-state index in [1.54, 1.807) is 6.92 Å². The Kier molecular flexibility index (Phi) is 11.9. The Morgan fingerprint density at radius 2 is 1.45 bits per heavy atom. The summed E-state index contributed by atoms with van der Waals surface area (Å²) in [6.07, 6.45) is 8.82. The number of unbranched alkanes of at least 4 members (excludes halogenated alkanes) is 6. The second-order valence-electron chi connectivity index (χ2n) is 14.4. The standard InChI is InChI=1S/C34H58O8/c1-9-10-11-12-13-14-15-16-28(37)40-27-18-20-34(8,42-24(5)36)31-29-25(22(2)3)17-19-33(7,41-23(4)35)30(29)26(39-31)21-32(27,6)38/h22,25-27,29-31,38H,9-21H2,1-8H3/t25-,26-,27+,29-,30-,31-,32+,33-,34-/m0/s1. The van der Waals surface area contributed by atoms with Crippen molar-refractivity contribution in [3.05, 3.63) is 0 Å². The molecule has 3 fully saturated rings. The Morgan fingerprint density at radius 1 is 0.881 bits per heavy atom. The summed E-state index contributed by atoms with van der Waals surface area (Å²) in [5.41, 5.74) is -3.19. The fraction of sp³-hybridized carbons (Fsp3) is 0.912. The molecule has 0 radical (unpaired) electrons. The molecule has 2 saturated heterocycles. The lowest BCUT2D eigenvalue weighted by Gasteiger charge is -2.51. The maximum atomic E-state index is 13.0. The first-order valence-electron chi connectivity index (χ1n) is 16.6. The summed E-state index contributed by atoms with van der Waals surface area (Å²) in [6, 6.07) is 0. The number of carbonyl (C=O) groups excluding carboxylic acids is 3. The van der Waals surface area contributed by atoms with Crippen molar-refractivity contribution in [1.29, 1.82) is 0 Å². The topological polar surface area (TPSA) is 108 Å². The summed E-state index contributed by atoms with van der Waals surface area (Å²) in [5.74, 6) is -0.702. The van der Waals surface area contributed by atoms with Crippen molar-refractivity contribution in [2.24, 2.45) is 23.7 Å². The molecule has 0 aromatic heterocycles. The number of aliphatic hydroxyl groups is 1. The van der Waals surface area contributed by atoms with Gasteiger partial charge in [0.1, 0.15) is 29.0 Å². The predicted octanol–water partition coefficient (Wildman–Crippen LogP) is 6.68. The minimum atomic E-state index is -1.39. The van der Waals surface area contributed by atoms with E-state index in [1.165, 1.54) is 39.5 Å². The molecule has 2 heterocycles. The minimum Gasteiger partial charge on any atom is -0.459 e. The first-order chi connectivity index (χ1) is 19.6. The van der Waals surface area contributed by atoms with Crippen LogP contribution in [-0.4, -0.2) is 58.1 Å². The van der Waals surface area contributed by atoms with Gasteiger partial charge in [-0.1, -0.05) is 59.3 Å². The van der Waals surface area contributed by atoms with E-state index in [0.29, 0.717) is 31.6 Å². The van der Waals surface area contributed by atoms with Gasteiger partial charge in [-0.25, -0.2) is 0 Å². The van der Waals surface area contributed by atoms with Gasteiger partial charge in [0.05, 0.1) is 6.10 Å². The molecule has 2 aliphatic heterocycles. The molecule has 8 nitrogen and oxygen atoms in total. The third-order valence-electron chi connectivity index (χ3n) is 10.3. The first-order valence-corrected chi connectivity index (χ1v) is 16.6. The molecule has 2 bridgehead atoms. The second kappa shape index (κ2) is 14.4. The van der Waals surface area contributed by atoms with Crippen LogP contribution in [0.25, 0.3) is 0 Å². The summed E-state index contributed by atoms with van der Waals surface area (Å²) >= 11 is 0. The fourth-order valence-electron chi connectivity index (χ4n) is 8.33. The zero-order chi connectivity index (χ0) is 31.3. The molecule has 3 rings (SSSR count). The van der Waals surface area contributed by atoms with Crippen molar-refractivity contribution in [1.82, 2.24) is 0 Å². The van der Waals surface area contributed by atoms with E-state index in [0.717, 1.165) is 25.7 Å². The maximum absolute atomic E-state index is 13.0. The van der Waals surface area contributed by atoms with E-state index >= 15 is 0 Å². The van der Waals surface area contributed by atoms with Gasteiger partial charge in [-0.2, -0.15) is 0 Å². The van der Waals surface area contributed by atoms with Gasteiger partial charge in [-0.15, -0.1) is 0 Å². The highest BCUT2D eigenvalue weighted by atomic mass is 16.6. The van der Waals surface area contributed by atoms with E-state index in [9.17, 15) is 19.5 Å². The molecule has 3 aliphatic rings. The van der Waals surface area contributed by atoms with Crippen molar-refractivity contribution < 1.29 is 38.4 Å². The third-order valence-corrected chi connectivity index (χ3v) is 10.3. The van der Waals surface area contributed by atoms with Crippen LogP contribution in [0.1, 0.15) is 139 Å². The highest BCUT2D eigenvalue weighted by molar-refractivity contribution is 5.69. The quantitative estimate of drug-likeness (QED) is 0.151. The molecule has 1 aliphatic carbocycles. The summed E-state index contributed by atoms with van der Waals surface area (Å²) in [6.45, 7) is 15.0. The molecule has 8 heteroatoms. The molecular weight excluding hydrogens is 536 g/mol. The predicted molar refractivity (Wildman–Crippen MR) is 161 cm³/mol. The van der Waals surface area contributed by atoms with Crippen LogP contribution in [0.3, 0.4) is 0 Å². The summed E-state index contributed by atoms with van der Waals surface area (Å²) in [5, 5.41) is 11.9. The van der Waals surface area contributed by atoms with Crippen molar-refractivity contribution in [3.8, 4) is 0 Å². The molecule has 0 spiro atoms. The number of hydrogen-bond acceptors (Lipinski definition) is 8. The Morgan fingerprint density at radius 3 is 2.05 bits per heavy atom. The summed E-state index contributed by atoms with van der Waals surface area (Å²) < 4.78 is 24.9. The average molecular weight is 595 g/mol. The Hall–Kier alpha value is -1.67. The Labute approximate surface area is 253 Å². The molecule has 42 heavy (non-hydrogen) atoms. The van der Waals surface area contributed by atoms with Gasteiger partial charge in [-0.05, 0) is 64.7 Å². The van der Waals surface area contributed by atoms with Crippen LogP contribution < -0.4 is 0 Å². The molecule has 1 saturated carbocycles. The number of hydrogen-bond donors (Lipinski definition) is 1. The van der Waals surface area contributed by atoms with Gasteiger partial charge < -0.3 is 24.1 Å².